The molecule has 4 N–H and O–H groups in total. The second-order valence-electron chi connectivity index (χ2n) is 6.34. The summed E-state index contributed by atoms with van der Waals surface area (Å²) < 4.78 is 4.94. The Kier molecular flexibility index (Phi) is 8.65. The van der Waals surface area contributed by atoms with Gasteiger partial charge in [-0.15, -0.1) is 0 Å². The van der Waals surface area contributed by atoms with Crippen molar-refractivity contribution in [2.45, 2.75) is 13.3 Å². The van der Waals surface area contributed by atoms with E-state index in [2.05, 4.69) is 21.3 Å². The molecule has 29 heavy (non-hydrogen) atoms. The third-order valence-corrected chi connectivity index (χ3v) is 3.88. The van der Waals surface area contributed by atoms with Gasteiger partial charge in [0, 0.05) is 49.8 Å². The monoisotopic (exact) mass is 398 g/mol. The first-order valence-electron chi connectivity index (χ1n) is 9.26. The summed E-state index contributed by atoms with van der Waals surface area (Å²) in [5, 5.41) is 11.3. The maximum atomic E-state index is 12.1. The summed E-state index contributed by atoms with van der Waals surface area (Å²) in [6, 6.07) is 13.8. The van der Waals surface area contributed by atoms with Crippen LogP contribution in [0.25, 0.3) is 0 Å². The van der Waals surface area contributed by atoms with Crippen LogP contribution in [0.5, 0.6) is 0 Å². The number of methoxy groups -OCH3 is 1. The van der Waals surface area contributed by atoms with Crippen molar-refractivity contribution < 1.29 is 19.1 Å². The Morgan fingerprint density at radius 3 is 2.28 bits per heavy atom. The number of nitrogens with one attached hydrogen (secondary N) is 4. The van der Waals surface area contributed by atoms with Crippen molar-refractivity contribution in [1.29, 1.82) is 0 Å². The first-order chi connectivity index (χ1) is 14.0. The predicted molar refractivity (Wildman–Crippen MR) is 113 cm³/mol. The Labute approximate surface area is 170 Å². The highest BCUT2D eigenvalue weighted by Gasteiger charge is 2.06. The second kappa shape index (κ2) is 11.5. The van der Waals surface area contributed by atoms with E-state index in [0.29, 0.717) is 30.1 Å². The second-order valence-corrected chi connectivity index (χ2v) is 6.34. The molecule has 0 unspecified atom stereocenters. The van der Waals surface area contributed by atoms with Crippen LogP contribution in [-0.4, -0.2) is 44.5 Å². The standard InChI is InChI=1S/C21H26N4O4/c1-15(26)24-18-5-3-6-19(13-18)25-20(27)14-23-17-9-7-16(8-10-17)21(28)22-11-4-12-29-2/h3,5-10,13,23H,4,11-12,14H2,1-2H3,(H,22,28)(H,24,26)(H,25,27). The Balaban J connectivity index is 1.80. The van der Waals surface area contributed by atoms with Crippen LogP contribution in [-0.2, 0) is 14.3 Å². The summed E-state index contributed by atoms with van der Waals surface area (Å²) in [5.74, 6) is -0.559. The molecule has 154 valence electrons. The number of ether oxygens (including phenoxy) is 1. The lowest BCUT2D eigenvalue weighted by molar-refractivity contribution is -0.115. The van der Waals surface area contributed by atoms with Gasteiger partial charge in [-0.2, -0.15) is 0 Å². The topological polar surface area (TPSA) is 109 Å². The molecule has 2 aromatic carbocycles. The van der Waals surface area contributed by atoms with Gasteiger partial charge in [-0.1, -0.05) is 6.07 Å². The molecule has 2 rings (SSSR count). The third kappa shape index (κ3) is 8.02. The van der Waals surface area contributed by atoms with Crippen LogP contribution < -0.4 is 21.3 Å². The van der Waals surface area contributed by atoms with Crippen LogP contribution in [0.1, 0.15) is 23.7 Å². The maximum Gasteiger partial charge on any atom is 0.251 e. The zero-order valence-electron chi connectivity index (χ0n) is 16.6. The van der Waals surface area contributed by atoms with E-state index in [0.717, 1.165) is 12.1 Å². The van der Waals surface area contributed by atoms with Crippen LogP contribution >= 0.6 is 0 Å². The van der Waals surface area contributed by atoms with Gasteiger partial charge in [0.15, 0.2) is 0 Å². The van der Waals surface area contributed by atoms with Crippen LogP contribution in [0.2, 0.25) is 0 Å². The minimum atomic E-state index is -0.232. The molecule has 0 atom stereocenters. The first kappa shape index (κ1) is 21.9. The number of benzene rings is 2. The molecule has 0 fully saturated rings. The number of anilines is 3. The van der Waals surface area contributed by atoms with Gasteiger partial charge in [-0.05, 0) is 48.9 Å². The molecule has 0 saturated heterocycles. The van der Waals surface area contributed by atoms with Crippen LogP contribution in [0.4, 0.5) is 17.1 Å². The van der Waals surface area contributed by atoms with Crippen molar-refractivity contribution in [3.05, 3.63) is 54.1 Å². The van der Waals surface area contributed by atoms with Crippen LogP contribution in [0, 0.1) is 0 Å². The summed E-state index contributed by atoms with van der Waals surface area (Å²) in [4.78, 5) is 35.3. The number of hydrogen-bond acceptors (Lipinski definition) is 5. The fourth-order valence-corrected chi connectivity index (χ4v) is 2.53. The molecule has 0 aromatic heterocycles. The van der Waals surface area contributed by atoms with Gasteiger partial charge in [-0.25, -0.2) is 0 Å². The molecule has 0 bridgehead atoms. The van der Waals surface area contributed by atoms with Crippen LogP contribution in [0.3, 0.4) is 0 Å². The van der Waals surface area contributed by atoms with Gasteiger partial charge in [0.25, 0.3) is 5.91 Å². The molecule has 3 amide bonds. The van der Waals surface area contributed by atoms with E-state index in [1.807, 2.05) is 0 Å². The van der Waals surface area contributed by atoms with Crippen molar-refractivity contribution in [2.24, 2.45) is 0 Å². The zero-order chi connectivity index (χ0) is 21.1. The van der Waals surface area contributed by atoms with Crippen molar-refractivity contribution in [3.8, 4) is 0 Å². The van der Waals surface area contributed by atoms with Gasteiger partial charge in [0.2, 0.25) is 11.8 Å². The fraction of sp³-hybridized carbons (Fsp3) is 0.286. The predicted octanol–water partition coefficient (Wildman–Crippen LogP) is 2.46. The summed E-state index contributed by atoms with van der Waals surface area (Å²) >= 11 is 0. The quantitative estimate of drug-likeness (QED) is 0.460. The Morgan fingerprint density at radius 1 is 0.931 bits per heavy atom. The first-order valence-corrected chi connectivity index (χ1v) is 9.26. The van der Waals surface area contributed by atoms with E-state index in [1.54, 1.807) is 55.6 Å². The normalized spacial score (nSPS) is 10.1. The molecular formula is C21H26N4O4. The highest BCUT2D eigenvalue weighted by atomic mass is 16.5. The van der Waals surface area contributed by atoms with Gasteiger partial charge in [0.05, 0.1) is 6.54 Å². The van der Waals surface area contributed by atoms with Gasteiger partial charge >= 0.3 is 0 Å². The van der Waals surface area contributed by atoms with Gasteiger partial charge in [0.1, 0.15) is 0 Å². The summed E-state index contributed by atoms with van der Waals surface area (Å²) in [6.45, 7) is 2.64. The van der Waals surface area contributed by atoms with Crippen molar-refractivity contribution in [1.82, 2.24) is 5.32 Å². The number of carbonyl (C=O) groups is 3. The van der Waals surface area contributed by atoms with E-state index < -0.39 is 0 Å². The van der Waals surface area contributed by atoms with Gasteiger partial charge < -0.3 is 26.0 Å². The SMILES string of the molecule is COCCCNC(=O)c1ccc(NCC(=O)Nc2cccc(NC(C)=O)c2)cc1. The highest BCUT2D eigenvalue weighted by Crippen LogP contribution is 2.15. The van der Waals surface area contributed by atoms with E-state index in [1.165, 1.54) is 6.92 Å². The van der Waals surface area contributed by atoms with Gasteiger partial charge in [-0.3, -0.25) is 14.4 Å². The highest BCUT2D eigenvalue weighted by molar-refractivity contribution is 5.96. The molecule has 8 nitrogen and oxygen atoms in total. The lowest BCUT2D eigenvalue weighted by Crippen LogP contribution is -2.25. The lowest BCUT2D eigenvalue weighted by Gasteiger charge is -2.10. The smallest absolute Gasteiger partial charge is 0.251 e. The van der Waals surface area contributed by atoms with Crippen molar-refractivity contribution in [3.63, 3.8) is 0 Å². The Bertz CT molecular complexity index is 837. The molecule has 2 aromatic rings. The Morgan fingerprint density at radius 2 is 1.62 bits per heavy atom. The molecule has 0 aliphatic carbocycles. The molecule has 0 aliphatic heterocycles. The summed E-state index contributed by atoms with van der Waals surface area (Å²) in [6.07, 6.45) is 0.755. The molecule has 0 spiro atoms. The fourth-order valence-electron chi connectivity index (χ4n) is 2.53. The number of hydrogen-bond donors (Lipinski definition) is 4. The van der Waals surface area contributed by atoms with Crippen molar-refractivity contribution in [2.75, 3.05) is 42.8 Å². The van der Waals surface area contributed by atoms with E-state index in [-0.39, 0.29) is 24.3 Å². The molecule has 0 saturated carbocycles. The summed E-state index contributed by atoms with van der Waals surface area (Å²) in [7, 11) is 1.62. The minimum Gasteiger partial charge on any atom is -0.385 e. The van der Waals surface area contributed by atoms with E-state index in [9.17, 15) is 14.4 Å². The number of carbonyl (C=O) groups excluding carboxylic acids is 3. The number of amides is 3. The molecule has 0 aliphatic rings. The van der Waals surface area contributed by atoms with Crippen molar-refractivity contribution >= 4 is 34.8 Å². The Hall–Kier alpha value is -3.39. The zero-order valence-corrected chi connectivity index (χ0v) is 16.6. The molecular weight excluding hydrogens is 372 g/mol. The van der Waals surface area contributed by atoms with E-state index in [4.69, 9.17) is 4.74 Å². The lowest BCUT2D eigenvalue weighted by atomic mass is 10.2. The third-order valence-electron chi connectivity index (χ3n) is 3.88. The summed E-state index contributed by atoms with van der Waals surface area (Å²) in [5.41, 5.74) is 2.47. The average molecular weight is 398 g/mol. The van der Waals surface area contributed by atoms with E-state index >= 15 is 0 Å². The molecule has 0 radical (unpaired) electrons. The maximum absolute atomic E-state index is 12.1. The molecule has 0 heterocycles. The minimum absolute atomic E-state index is 0.0624. The molecule has 8 heteroatoms. The van der Waals surface area contributed by atoms with Crippen LogP contribution in [0.15, 0.2) is 48.5 Å². The largest absolute Gasteiger partial charge is 0.385 e. The average Bonchev–Trinajstić information content (AvgIpc) is 2.70. The number of rotatable bonds is 10.